The van der Waals surface area contributed by atoms with Crippen molar-refractivity contribution in [1.29, 1.82) is 0 Å². The van der Waals surface area contributed by atoms with Crippen LogP contribution in [0, 0.1) is 0 Å². The first-order valence-corrected chi connectivity index (χ1v) is 9.77. The number of nitrogens with zero attached hydrogens (tertiary/aromatic N) is 2. The summed E-state index contributed by atoms with van der Waals surface area (Å²) in [6.07, 6.45) is 1.54. The van der Waals surface area contributed by atoms with Crippen molar-refractivity contribution in [3.63, 3.8) is 0 Å². The molecule has 0 saturated carbocycles. The molecule has 0 saturated heterocycles. The average molecular weight is 395 g/mol. The number of benzene rings is 1. The van der Waals surface area contributed by atoms with Crippen molar-refractivity contribution in [2.75, 3.05) is 16.8 Å². The van der Waals surface area contributed by atoms with Crippen molar-refractivity contribution in [2.45, 2.75) is 16.6 Å². The lowest BCUT2D eigenvalue weighted by atomic mass is 10.3. The van der Waals surface area contributed by atoms with Crippen LogP contribution < -0.4 is 21.7 Å². The van der Waals surface area contributed by atoms with E-state index in [0.29, 0.717) is 10.8 Å². The van der Waals surface area contributed by atoms with Gasteiger partial charge in [0.25, 0.3) is 5.56 Å². The number of amides is 1. The number of carbonyl (C=O) groups excluding carboxylic acids is 1. The molecule has 0 atom stereocenters. The number of hydrogen-bond donors (Lipinski definition) is 3. The van der Waals surface area contributed by atoms with E-state index in [4.69, 9.17) is 10.9 Å². The predicted octanol–water partition coefficient (Wildman–Crippen LogP) is 0.390. The Kier molecular flexibility index (Phi) is 6.18. The van der Waals surface area contributed by atoms with Crippen molar-refractivity contribution in [3.8, 4) is 0 Å². The number of allylic oxidation sites excluding steroid dienone is 1. The number of anilines is 2. The highest BCUT2D eigenvalue weighted by Crippen LogP contribution is 2.17. The van der Waals surface area contributed by atoms with E-state index in [1.54, 1.807) is 0 Å². The third-order valence-electron chi connectivity index (χ3n) is 3.10. The van der Waals surface area contributed by atoms with E-state index in [-0.39, 0.29) is 34.5 Å². The molecule has 1 amide bonds. The second-order valence-electron chi connectivity index (χ2n) is 5.11. The molecule has 0 unspecified atom stereocenters. The molecule has 2 aromatic rings. The fourth-order valence-corrected chi connectivity index (χ4v) is 3.30. The lowest BCUT2D eigenvalue weighted by Gasteiger charge is -2.10. The predicted molar refractivity (Wildman–Crippen MR) is 100 cm³/mol. The lowest BCUT2D eigenvalue weighted by Crippen LogP contribution is -2.23. The summed E-state index contributed by atoms with van der Waals surface area (Å²) in [7, 11) is -3.79. The lowest BCUT2D eigenvalue weighted by molar-refractivity contribution is -0.113. The molecule has 0 bridgehead atoms. The molecule has 2 rings (SSSR count). The molecule has 0 aliphatic carbocycles. The molecule has 0 fully saturated rings. The van der Waals surface area contributed by atoms with Crippen LogP contribution in [0.25, 0.3) is 0 Å². The van der Waals surface area contributed by atoms with Gasteiger partial charge in [-0.05, 0) is 24.3 Å². The Morgan fingerprint density at radius 2 is 2.00 bits per heavy atom. The van der Waals surface area contributed by atoms with E-state index in [1.165, 1.54) is 41.0 Å². The summed E-state index contributed by atoms with van der Waals surface area (Å²) in [6.45, 7) is 3.82. The first-order chi connectivity index (χ1) is 12.2. The number of nitrogens with two attached hydrogens (primary N) is 2. The maximum Gasteiger partial charge on any atom is 0.256 e. The number of thioether (sulfide) groups is 1. The minimum atomic E-state index is -3.79. The third kappa shape index (κ3) is 5.18. The number of nitrogen functional groups attached to an aromatic ring is 1. The number of carbonyl (C=O) groups is 1. The summed E-state index contributed by atoms with van der Waals surface area (Å²) in [5.74, 6) is -0.318. The fourth-order valence-electron chi connectivity index (χ4n) is 1.96. The number of nitrogens with one attached hydrogen (secondary N) is 1. The van der Waals surface area contributed by atoms with Gasteiger partial charge >= 0.3 is 0 Å². The summed E-state index contributed by atoms with van der Waals surface area (Å²) in [6, 6.07) is 6.63. The summed E-state index contributed by atoms with van der Waals surface area (Å²) in [4.78, 5) is 28.0. The van der Waals surface area contributed by atoms with Crippen LogP contribution in [0.5, 0.6) is 0 Å². The Bertz CT molecular complexity index is 984. The number of primary sulfonamides is 1. The van der Waals surface area contributed by atoms with Crippen molar-refractivity contribution < 1.29 is 13.2 Å². The number of hydrogen-bond acceptors (Lipinski definition) is 7. The smallest absolute Gasteiger partial charge is 0.256 e. The van der Waals surface area contributed by atoms with E-state index in [9.17, 15) is 18.0 Å². The molecule has 1 aromatic heterocycles. The Labute approximate surface area is 154 Å². The summed E-state index contributed by atoms with van der Waals surface area (Å²) >= 11 is 1.05. The van der Waals surface area contributed by atoms with Gasteiger partial charge in [0, 0.05) is 18.3 Å². The first kappa shape index (κ1) is 19.7. The van der Waals surface area contributed by atoms with Crippen molar-refractivity contribution in [3.05, 3.63) is 53.3 Å². The number of sulfonamides is 1. The fraction of sp³-hybridized carbons (Fsp3) is 0.133. The van der Waals surface area contributed by atoms with Gasteiger partial charge < -0.3 is 11.1 Å². The quantitative estimate of drug-likeness (QED) is 0.348. The molecule has 138 valence electrons. The van der Waals surface area contributed by atoms with E-state index in [0.717, 1.165) is 11.8 Å². The molecule has 0 radical (unpaired) electrons. The van der Waals surface area contributed by atoms with Gasteiger partial charge in [-0.25, -0.2) is 18.5 Å². The zero-order chi connectivity index (χ0) is 19.3. The molecule has 9 nitrogen and oxygen atoms in total. The van der Waals surface area contributed by atoms with Crippen LogP contribution in [-0.4, -0.2) is 29.6 Å². The summed E-state index contributed by atoms with van der Waals surface area (Å²) in [5, 5.41) is 7.92. The topological polar surface area (TPSA) is 150 Å². The molecular weight excluding hydrogens is 378 g/mol. The summed E-state index contributed by atoms with van der Waals surface area (Å²) < 4.78 is 23.8. The van der Waals surface area contributed by atoms with Crippen LogP contribution in [0.15, 0.2) is 57.8 Å². The van der Waals surface area contributed by atoms with E-state index >= 15 is 0 Å². The molecule has 0 aliphatic heterocycles. The zero-order valence-corrected chi connectivity index (χ0v) is 15.2. The van der Waals surface area contributed by atoms with Crippen LogP contribution in [0.2, 0.25) is 0 Å². The summed E-state index contributed by atoms with van der Waals surface area (Å²) in [5.41, 5.74) is 5.66. The molecule has 0 spiro atoms. The molecule has 0 aliphatic rings. The Hall–Kier alpha value is -2.63. The Morgan fingerprint density at radius 3 is 2.58 bits per heavy atom. The highest BCUT2D eigenvalue weighted by atomic mass is 32.2. The zero-order valence-electron chi connectivity index (χ0n) is 13.6. The Balaban J connectivity index is 2.05. The van der Waals surface area contributed by atoms with Gasteiger partial charge in [0.05, 0.1) is 10.6 Å². The van der Waals surface area contributed by atoms with Gasteiger partial charge in [0.2, 0.25) is 15.9 Å². The molecule has 1 aromatic carbocycles. The number of aromatic nitrogens is 2. The third-order valence-corrected chi connectivity index (χ3v) is 5.01. The van der Waals surface area contributed by atoms with Crippen molar-refractivity contribution in [2.24, 2.45) is 5.14 Å². The highest BCUT2D eigenvalue weighted by molar-refractivity contribution is 7.99. The van der Waals surface area contributed by atoms with Crippen molar-refractivity contribution >= 4 is 39.2 Å². The van der Waals surface area contributed by atoms with E-state index < -0.39 is 10.0 Å². The molecule has 26 heavy (non-hydrogen) atoms. The van der Waals surface area contributed by atoms with Crippen LogP contribution in [0.1, 0.15) is 0 Å². The van der Waals surface area contributed by atoms with Crippen LogP contribution in [0.3, 0.4) is 0 Å². The SMILES string of the molecule is C=CCn1c(SCC(=O)Nc2ccc(S(N)(=O)=O)cc2)nc(N)cc1=O. The average Bonchev–Trinajstić information content (AvgIpc) is 2.55. The van der Waals surface area contributed by atoms with Gasteiger partial charge in [0.15, 0.2) is 5.16 Å². The minimum Gasteiger partial charge on any atom is -0.383 e. The molecule has 11 heteroatoms. The normalized spacial score (nSPS) is 11.1. The van der Waals surface area contributed by atoms with Crippen LogP contribution in [0.4, 0.5) is 11.5 Å². The maximum absolute atomic E-state index is 12.1. The van der Waals surface area contributed by atoms with Crippen molar-refractivity contribution in [1.82, 2.24) is 9.55 Å². The van der Waals surface area contributed by atoms with Gasteiger partial charge in [-0.3, -0.25) is 14.2 Å². The second kappa shape index (κ2) is 8.17. The largest absolute Gasteiger partial charge is 0.383 e. The van der Waals surface area contributed by atoms with Gasteiger partial charge in [-0.2, -0.15) is 0 Å². The van der Waals surface area contributed by atoms with E-state index in [2.05, 4.69) is 16.9 Å². The highest BCUT2D eigenvalue weighted by Gasteiger charge is 2.11. The maximum atomic E-state index is 12.1. The molecule has 1 heterocycles. The monoisotopic (exact) mass is 395 g/mol. The van der Waals surface area contributed by atoms with Gasteiger partial charge in [-0.15, -0.1) is 6.58 Å². The first-order valence-electron chi connectivity index (χ1n) is 7.24. The number of rotatable bonds is 7. The van der Waals surface area contributed by atoms with Gasteiger partial charge in [0.1, 0.15) is 5.82 Å². The van der Waals surface area contributed by atoms with Crippen LogP contribution >= 0.6 is 11.8 Å². The second-order valence-corrected chi connectivity index (χ2v) is 7.61. The van der Waals surface area contributed by atoms with Crippen LogP contribution in [-0.2, 0) is 21.4 Å². The standard InChI is InChI=1S/C15H17N5O4S2/c1-2-7-20-14(22)8-12(16)19-15(20)25-9-13(21)18-10-3-5-11(6-4-10)26(17,23)24/h2-6,8H,1,7,9,16H2,(H,18,21)(H2,17,23,24). The molecular formula is C15H17N5O4S2. The Morgan fingerprint density at radius 1 is 1.35 bits per heavy atom. The minimum absolute atomic E-state index is 0.0238. The van der Waals surface area contributed by atoms with E-state index in [1.807, 2.05) is 0 Å². The van der Waals surface area contributed by atoms with Gasteiger partial charge in [-0.1, -0.05) is 17.8 Å². The molecule has 5 N–H and O–H groups in total.